The van der Waals surface area contributed by atoms with Gasteiger partial charge in [-0.2, -0.15) is 0 Å². The number of benzene rings is 1. The summed E-state index contributed by atoms with van der Waals surface area (Å²) in [6, 6.07) is 6.26. The van der Waals surface area contributed by atoms with Crippen LogP contribution in [0.3, 0.4) is 0 Å². The van der Waals surface area contributed by atoms with Crippen LogP contribution >= 0.6 is 0 Å². The summed E-state index contributed by atoms with van der Waals surface area (Å²) in [6.45, 7) is 9.75. The predicted octanol–water partition coefficient (Wildman–Crippen LogP) is 5.32. The third-order valence-electron chi connectivity index (χ3n) is 3.81. The second-order valence-electron chi connectivity index (χ2n) is 6.01. The van der Waals surface area contributed by atoms with Gasteiger partial charge in [-0.3, -0.25) is 0 Å². The quantitative estimate of drug-likeness (QED) is 0.470. The van der Waals surface area contributed by atoms with Crippen LogP contribution in [0.5, 0.6) is 11.5 Å². The summed E-state index contributed by atoms with van der Waals surface area (Å²) in [5.41, 5.74) is 1.25. The molecule has 3 heteroatoms. The van der Waals surface area contributed by atoms with Gasteiger partial charge in [0.25, 0.3) is 0 Å². The summed E-state index contributed by atoms with van der Waals surface area (Å²) in [5.74, 6) is 1.72. The smallest absolute Gasteiger partial charge is 0.161 e. The van der Waals surface area contributed by atoms with E-state index in [0.29, 0.717) is 6.61 Å². The van der Waals surface area contributed by atoms with Crippen molar-refractivity contribution in [2.45, 2.75) is 72.3 Å². The van der Waals surface area contributed by atoms with Crippen molar-refractivity contribution in [3.05, 3.63) is 23.8 Å². The molecule has 132 valence electrons. The zero-order chi connectivity index (χ0) is 16.8. The first kappa shape index (κ1) is 19.8. The summed E-state index contributed by atoms with van der Waals surface area (Å²) in [4.78, 5) is 0. The molecule has 1 aromatic rings. The summed E-state index contributed by atoms with van der Waals surface area (Å²) in [6.07, 6.45) is 9.05. The molecule has 0 saturated heterocycles. The molecule has 0 unspecified atom stereocenters. The highest BCUT2D eigenvalue weighted by Gasteiger charge is 2.06. The molecule has 0 spiro atoms. The Balaban J connectivity index is 2.31. The van der Waals surface area contributed by atoms with Crippen LogP contribution < -0.4 is 14.8 Å². The molecule has 1 aromatic carbocycles. The van der Waals surface area contributed by atoms with Gasteiger partial charge < -0.3 is 14.8 Å². The van der Waals surface area contributed by atoms with Gasteiger partial charge >= 0.3 is 0 Å². The number of ether oxygens (including phenoxy) is 2. The monoisotopic (exact) mass is 321 g/mol. The van der Waals surface area contributed by atoms with Crippen molar-refractivity contribution in [2.75, 3.05) is 19.8 Å². The molecule has 0 aliphatic heterocycles. The fraction of sp³-hybridized carbons (Fsp3) is 0.700. The standard InChI is InChI=1S/C20H35NO2/c1-4-7-8-9-10-11-14-21-17-18-12-13-19(23-15-5-2)20(16-18)22-6-3/h12-13,16,21H,4-11,14-15,17H2,1-3H3. The third kappa shape index (κ3) is 8.85. The second kappa shape index (κ2) is 13.2. The molecular weight excluding hydrogens is 286 g/mol. The van der Waals surface area contributed by atoms with Gasteiger partial charge in [-0.1, -0.05) is 52.0 Å². The van der Waals surface area contributed by atoms with Gasteiger partial charge in [0.2, 0.25) is 0 Å². The van der Waals surface area contributed by atoms with Crippen molar-refractivity contribution in [3.63, 3.8) is 0 Å². The lowest BCUT2D eigenvalue weighted by molar-refractivity contribution is 0.276. The highest BCUT2D eigenvalue weighted by molar-refractivity contribution is 5.43. The fourth-order valence-electron chi connectivity index (χ4n) is 2.53. The first-order valence-corrected chi connectivity index (χ1v) is 9.41. The Morgan fingerprint density at radius 1 is 0.826 bits per heavy atom. The molecular formula is C20H35NO2. The molecule has 0 fully saturated rings. The van der Waals surface area contributed by atoms with Gasteiger partial charge in [0.1, 0.15) is 0 Å². The molecule has 0 heterocycles. The van der Waals surface area contributed by atoms with Crippen LogP contribution in [0, 0.1) is 0 Å². The average Bonchev–Trinajstić information content (AvgIpc) is 2.57. The van der Waals surface area contributed by atoms with E-state index in [-0.39, 0.29) is 0 Å². The van der Waals surface area contributed by atoms with Crippen LogP contribution in [-0.2, 0) is 6.54 Å². The van der Waals surface area contributed by atoms with Gasteiger partial charge in [-0.05, 0) is 44.0 Å². The molecule has 0 aliphatic rings. The van der Waals surface area contributed by atoms with Crippen LogP contribution in [-0.4, -0.2) is 19.8 Å². The number of hydrogen-bond acceptors (Lipinski definition) is 3. The van der Waals surface area contributed by atoms with E-state index >= 15 is 0 Å². The zero-order valence-electron chi connectivity index (χ0n) is 15.3. The predicted molar refractivity (Wildman–Crippen MR) is 98.5 cm³/mol. The minimum Gasteiger partial charge on any atom is -0.490 e. The van der Waals surface area contributed by atoms with Crippen molar-refractivity contribution in [3.8, 4) is 11.5 Å². The zero-order valence-corrected chi connectivity index (χ0v) is 15.3. The molecule has 1 N–H and O–H groups in total. The summed E-state index contributed by atoms with van der Waals surface area (Å²) >= 11 is 0. The molecule has 0 saturated carbocycles. The first-order valence-electron chi connectivity index (χ1n) is 9.41. The lowest BCUT2D eigenvalue weighted by atomic mass is 10.1. The van der Waals surface area contributed by atoms with Crippen LogP contribution in [0.25, 0.3) is 0 Å². The van der Waals surface area contributed by atoms with Crippen molar-refractivity contribution in [1.29, 1.82) is 0 Å². The van der Waals surface area contributed by atoms with E-state index in [1.807, 2.05) is 13.0 Å². The Morgan fingerprint density at radius 3 is 2.35 bits per heavy atom. The highest BCUT2D eigenvalue weighted by Crippen LogP contribution is 2.28. The van der Waals surface area contributed by atoms with Crippen molar-refractivity contribution < 1.29 is 9.47 Å². The largest absolute Gasteiger partial charge is 0.490 e. The van der Waals surface area contributed by atoms with E-state index in [1.54, 1.807) is 0 Å². The van der Waals surface area contributed by atoms with E-state index in [2.05, 4.69) is 31.3 Å². The summed E-state index contributed by atoms with van der Waals surface area (Å²) in [5, 5.41) is 3.53. The van der Waals surface area contributed by atoms with Crippen LogP contribution in [0.1, 0.15) is 71.3 Å². The van der Waals surface area contributed by atoms with E-state index in [4.69, 9.17) is 9.47 Å². The molecule has 1 rings (SSSR count). The number of nitrogens with one attached hydrogen (secondary N) is 1. The Kier molecular flexibility index (Phi) is 11.4. The topological polar surface area (TPSA) is 30.5 Å². The third-order valence-corrected chi connectivity index (χ3v) is 3.81. The van der Waals surface area contributed by atoms with Gasteiger partial charge in [-0.25, -0.2) is 0 Å². The molecule has 0 aliphatic carbocycles. The minimum atomic E-state index is 0.664. The minimum absolute atomic E-state index is 0.664. The second-order valence-corrected chi connectivity index (χ2v) is 6.01. The summed E-state index contributed by atoms with van der Waals surface area (Å²) in [7, 11) is 0. The van der Waals surface area contributed by atoms with Crippen LogP contribution in [0.4, 0.5) is 0 Å². The number of unbranched alkanes of at least 4 members (excludes halogenated alkanes) is 5. The molecule has 23 heavy (non-hydrogen) atoms. The molecule has 0 bridgehead atoms. The van der Waals surface area contributed by atoms with Crippen molar-refractivity contribution >= 4 is 0 Å². The van der Waals surface area contributed by atoms with Crippen LogP contribution in [0.2, 0.25) is 0 Å². The Morgan fingerprint density at radius 2 is 1.61 bits per heavy atom. The molecule has 0 atom stereocenters. The maximum atomic E-state index is 5.74. The average molecular weight is 322 g/mol. The van der Waals surface area contributed by atoms with E-state index < -0.39 is 0 Å². The van der Waals surface area contributed by atoms with Crippen molar-refractivity contribution in [1.82, 2.24) is 5.32 Å². The molecule has 0 radical (unpaired) electrons. The molecule has 0 aromatic heterocycles. The lowest BCUT2D eigenvalue weighted by Gasteiger charge is -2.13. The number of hydrogen-bond donors (Lipinski definition) is 1. The fourth-order valence-corrected chi connectivity index (χ4v) is 2.53. The maximum absolute atomic E-state index is 5.74. The SMILES string of the molecule is CCCCCCCCNCc1ccc(OCCC)c(OCC)c1. The Bertz CT molecular complexity index is 407. The molecule has 0 amide bonds. The molecule has 3 nitrogen and oxygen atoms in total. The number of rotatable bonds is 14. The van der Waals surface area contributed by atoms with Crippen molar-refractivity contribution in [2.24, 2.45) is 0 Å². The van der Waals surface area contributed by atoms with Gasteiger partial charge in [0.15, 0.2) is 11.5 Å². The maximum Gasteiger partial charge on any atom is 0.161 e. The normalized spacial score (nSPS) is 10.7. The summed E-state index contributed by atoms with van der Waals surface area (Å²) < 4.78 is 11.4. The van der Waals surface area contributed by atoms with E-state index in [0.717, 1.165) is 37.6 Å². The first-order chi connectivity index (χ1) is 11.3. The van der Waals surface area contributed by atoms with Gasteiger partial charge in [0, 0.05) is 6.54 Å². The van der Waals surface area contributed by atoms with Gasteiger partial charge in [0.05, 0.1) is 13.2 Å². The van der Waals surface area contributed by atoms with Gasteiger partial charge in [-0.15, -0.1) is 0 Å². The van der Waals surface area contributed by atoms with E-state index in [9.17, 15) is 0 Å². The highest BCUT2D eigenvalue weighted by atomic mass is 16.5. The van der Waals surface area contributed by atoms with E-state index in [1.165, 1.54) is 44.1 Å². The lowest BCUT2D eigenvalue weighted by Crippen LogP contribution is -2.14. The Labute approximate surface area is 142 Å². The van der Waals surface area contributed by atoms with Crippen LogP contribution in [0.15, 0.2) is 18.2 Å². The Hall–Kier alpha value is -1.22.